The van der Waals surface area contributed by atoms with Crippen LogP contribution in [-0.4, -0.2) is 24.1 Å². The molecule has 0 radical (unpaired) electrons. The minimum Gasteiger partial charge on any atom is -0.314 e. The molecule has 0 saturated carbocycles. The van der Waals surface area contributed by atoms with Gasteiger partial charge in [0.25, 0.3) is 0 Å². The predicted molar refractivity (Wildman–Crippen MR) is 76.2 cm³/mol. The molecule has 1 nitrogen and oxygen atoms in total. The molecule has 2 heteroatoms. The van der Waals surface area contributed by atoms with Crippen molar-refractivity contribution in [2.75, 3.05) is 18.1 Å². The van der Waals surface area contributed by atoms with Crippen LogP contribution in [0.25, 0.3) is 0 Å². The normalized spacial score (nSPS) is 19.6. The highest BCUT2D eigenvalue weighted by Crippen LogP contribution is 2.27. The minimum absolute atomic E-state index is 0.672. The zero-order valence-electron chi connectivity index (χ0n) is 10.9. The van der Waals surface area contributed by atoms with Crippen molar-refractivity contribution in [1.29, 1.82) is 0 Å². The van der Waals surface area contributed by atoms with Crippen molar-refractivity contribution in [3.63, 3.8) is 0 Å². The molecular weight excluding hydrogens is 214 g/mol. The number of nitrogens with one attached hydrogen (secondary N) is 1. The molecule has 1 unspecified atom stereocenters. The Hall–Kier alpha value is 0.0500. The molecule has 1 aliphatic rings. The quantitative estimate of drug-likeness (QED) is 0.679. The predicted octanol–water partition coefficient (Wildman–Crippen LogP) is 3.85. The molecule has 0 aromatic carbocycles. The topological polar surface area (TPSA) is 12.0 Å². The highest BCUT2D eigenvalue weighted by molar-refractivity contribution is 7.99. The molecule has 16 heavy (non-hydrogen) atoms. The van der Waals surface area contributed by atoms with E-state index in [4.69, 9.17) is 0 Å². The summed E-state index contributed by atoms with van der Waals surface area (Å²) < 4.78 is 0. The SMILES string of the molecule is C=C(CC)CC(CC1CCSCC1)NCC. The average molecular weight is 241 g/mol. The van der Waals surface area contributed by atoms with E-state index in [2.05, 4.69) is 37.5 Å². The molecule has 94 valence electrons. The van der Waals surface area contributed by atoms with Gasteiger partial charge in [-0.05, 0) is 56.1 Å². The van der Waals surface area contributed by atoms with Crippen LogP contribution < -0.4 is 5.32 Å². The van der Waals surface area contributed by atoms with Crippen LogP contribution in [0.5, 0.6) is 0 Å². The van der Waals surface area contributed by atoms with Crippen molar-refractivity contribution < 1.29 is 0 Å². The van der Waals surface area contributed by atoms with E-state index < -0.39 is 0 Å². The fourth-order valence-corrected chi connectivity index (χ4v) is 3.61. The minimum atomic E-state index is 0.672. The monoisotopic (exact) mass is 241 g/mol. The van der Waals surface area contributed by atoms with Crippen LogP contribution in [0.4, 0.5) is 0 Å². The number of rotatable bonds is 7. The van der Waals surface area contributed by atoms with E-state index in [-0.39, 0.29) is 0 Å². The first-order chi connectivity index (χ1) is 7.76. The summed E-state index contributed by atoms with van der Waals surface area (Å²) in [6.07, 6.45) is 6.50. The second-order valence-corrected chi connectivity index (χ2v) is 6.08. The van der Waals surface area contributed by atoms with Gasteiger partial charge in [-0.15, -0.1) is 0 Å². The summed E-state index contributed by atoms with van der Waals surface area (Å²) in [5, 5.41) is 3.63. The van der Waals surface area contributed by atoms with E-state index in [1.807, 2.05) is 0 Å². The molecule has 1 atom stereocenters. The summed E-state index contributed by atoms with van der Waals surface area (Å²) in [4.78, 5) is 0. The second-order valence-electron chi connectivity index (χ2n) is 4.85. The van der Waals surface area contributed by atoms with Gasteiger partial charge in [0.15, 0.2) is 0 Å². The molecule has 0 aromatic rings. The van der Waals surface area contributed by atoms with Gasteiger partial charge in [0.1, 0.15) is 0 Å². The molecule has 1 fully saturated rings. The third-order valence-electron chi connectivity index (χ3n) is 3.49. The van der Waals surface area contributed by atoms with Gasteiger partial charge >= 0.3 is 0 Å². The second kappa shape index (κ2) is 8.19. The molecular formula is C14H27NS. The molecule has 1 aliphatic heterocycles. The summed E-state index contributed by atoms with van der Waals surface area (Å²) in [5.41, 5.74) is 1.40. The van der Waals surface area contributed by atoms with Crippen molar-refractivity contribution >= 4 is 11.8 Å². The maximum atomic E-state index is 4.14. The van der Waals surface area contributed by atoms with Gasteiger partial charge in [0.2, 0.25) is 0 Å². The summed E-state index contributed by atoms with van der Waals surface area (Å²) in [7, 11) is 0. The third-order valence-corrected chi connectivity index (χ3v) is 4.54. The lowest BCUT2D eigenvalue weighted by atomic mass is 9.91. The maximum absolute atomic E-state index is 4.14. The summed E-state index contributed by atoms with van der Waals surface area (Å²) >= 11 is 2.12. The Bertz CT molecular complexity index is 197. The molecule has 0 amide bonds. The van der Waals surface area contributed by atoms with Crippen LogP contribution in [0, 0.1) is 5.92 Å². The lowest BCUT2D eigenvalue weighted by molar-refractivity contribution is 0.365. The van der Waals surface area contributed by atoms with Crippen LogP contribution in [0.2, 0.25) is 0 Å². The van der Waals surface area contributed by atoms with Gasteiger partial charge in [0, 0.05) is 6.04 Å². The third kappa shape index (κ3) is 5.40. The average Bonchev–Trinajstić information content (AvgIpc) is 2.30. The van der Waals surface area contributed by atoms with Gasteiger partial charge in [0.05, 0.1) is 0 Å². The zero-order chi connectivity index (χ0) is 11.8. The van der Waals surface area contributed by atoms with Crippen molar-refractivity contribution in [3.05, 3.63) is 12.2 Å². The van der Waals surface area contributed by atoms with E-state index in [1.165, 1.54) is 42.8 Å². The lowest BCUT2D eigenvalue weighted by Gasteiger charge is -2.27. The Labute approximate surface area is 105 Å². The van der Waals surface area contributed by atoms with Crippen LogP contribution in [0.1, 0.15) is 46.0 Å². The first-order valence-electron chi connectivity index (χ1n) is 6.74. The highest BCUT2D eigenvalue weighted by Gasteiger charge is 2.18. The van der Waals surface area contributed by atoms with E-state index in [0.717, 1.165) is 18.9 Å². The number of thioether (sulfide) groups is 1. The van der Waals surface area contributed by atoms with Gasteiger partial charge in [-0.2, -0.15) is 11.8 Å². The van der Waals surface area contributed by atoms with Gasteiger partial charge in [-0.1, -0.05) is 26.0 Å². The largest absolute Gasteiger partial charge is 0.314 e. The Morgan fingerprint density at radius 1 is 1.38 bits per heavy atom. The van der Waals surface area contributed by atoms with Crippen molar-refractivity contribution in [2.45, 2.75) is 52.0 Å². The van der Waals surface area contributed by atoms with Gasteiger partial charge < -0.3 is 5.32 Å². The van der Waals surface area contributed by atoms with E-state index >= 15 is 0 Å². The molecule has 0 aliphatic carbocycles. The molecule has 1 saturated heterocycles. The molecule has 0 aromatic heterocycles. The van der Waals surface area contributed by atoms with Crippen molar-refractivity contribution in [3.8, 4) is 0 Å². The summed E-state index contributed by atoms with van der Waals surface area (Å²) in [6.45, 7) is 9.65. The number of hydrogen-bond acceptors (Lipinski definition) is 2. The molecule has 0 spiro atoms. The lowest BCUT2D eigenvalue weighted by Crippen LogP contribution is -2.32. The smallest absolute Gasteiger partial charge is 0.0107 e. The zero-order valence-corrected chi connectivity index (χ0v) is 11.7. The molecule has 1 rings (SSSR count). The molecule has 1 N–H and O–H groups in total. The first-order valence-corrected chi connectivity index (χ1v) is 7.89. The van der Waals surface area contributed by atoms with Crippen LogP contribution in [0.15, 0.2) is 12.2 Å². The Morgan fingerprint density at radius 3 is 2.62 bits per heavy atom. The fraction of sp³-hybridized carbons (Fsp3) is 0.857. The first kappa shape index (κ1) is 14.1. The molecule has 1 heterocycles. The highest BCUT2D eigenvalue weighted by atomic mass is 32.2. The van der Waals surface area contributed by atoms with Gasteiger partial charge in [-0.25, -0.2) is 0 Å². The Morgan fingerprint density at radius 2 is 2.06 bits per heavy atom. The van der Waals surface area contributed by atoms with E-state index in [1.54, 1.807) is 0 Å². The van der Waals surface area contributed by atoms with Crippen LogP contribution in [0.3, 0.4) is 0 Å². The Kier molecular flexibility index (Phi) is 7.22. The van der Waals surface area contributed by atoms with Crippen molar-refractivity contribution in [2.24, 2.45) is 5.92 Å². The van der Waals surface area contributed by atoms with E-state index in [0.29, 0.717) is 6.04 Å². The molecule has 0 bridgehead atoms. The standard InChI is InChI=1S/C14H27NS/c1-4-12(3)10-14(15-5-2)11-13-6-8-16-9-7-13/h13-15H,3-11H2,1-2H3. The maximum Gasteiger partial charge on any atom is 0.0107 e. The Balaban J connectivity index is 2.33. The van der Waals surface area contributed by atoms with Crippen LogP contribution in [-0.2, 0) is 0 Å². The summed E-state index contributed by atoms with van der Waals surface area (Å²) in [6, 6.07) is 0.672. The van der Waals surface area contributed by atoms with Gasteiger partial charge in [-0.3, -0.25) is 0 Å². The van der Waals surface area contributed by atoms with Crippen LogP contribution >= 0.6 is 11.8 Å². The number of hydrogen-bond donors (Lipinski definition) is 1. The van der Waals surface area contributed by atoms with Crippen molar-refractivity contribution in [1.82, 2.24) is 5.32 Å². The van der Waals surface area contributed by atoms with E-state index in [9.17, 15) is 0 Å². The summed E-state index contributed by atoms with van der Waals surface area (Å²) in [5.74, 6) is 3.70. The fourth-order valence-electron chi connectivity index (χ4n) is 2.40.